The van der Waals surface area contributed by atoms with Crippen molar-refractivity contribution in [3.63, 3.8) is 0 Å². The molecule has 0 unspecified atom stereocenters. The van der Waals surface area contributed by atoms with Gasteiger partial charge in [0.2, 0.25) is 0 Å². The number of hydrogen-bond acceptors (Lipinski definition) is 2. The van der Waals surface area contributed by atoms with Gasteiger partial charge >= 0.3 is 248 Å². The molecule has 0 aromatic rings. The molecule has 0 bridgehead atoms. The molecule has 0 spiro atoms. The van der Waals surface area contributed by atoms with Crippen LogP contribution in [0.4, 0.5) is 0 Å². The van der Waals surface area contributed by atoms with Gasteiger partial charge in [0.05, 0.1) is 0 Å². The van der Waals surface area contributed by atoms with Gasteiger partial charge in [-0.25, -0.2) is 0 Å². The Morgan fingerprint density at radius 2 is 0.683 bits per heavy atom. The summed E-state index contributed by atoms with van der Waals surface area (Å²) in [4.78, 5) is 13.9. The van der Waals surface area contributed by atoms with Gasteiger partial charge in [-0.05, 0) is 0 Å². The van der Waals surface area contributed by atoms with E-state index in [-0.39, 0.29) is 11.4 Å². The van der Waals surface area contributed by atoms with Gasteiger partial charge in [-0.3, -0.25) is 0 Å². The van der Waals surface area contributed by atoms with Gasteiger partial charge in [0, 0.05) is 0 Å². The van der Waals surface area contributed by atoms with Crippen LogP contribution in [0.25, 0.3) is 0 Å². The fourth-order valence-corrected chi connectivity index (χ4v) is 13.0. The zero-order valence-electron chi connectivity index (χ0n) is 29.8. The number of rotatable bonds is 31. The Kier molecular flexibility index (Phi) is 25.2. The summed E-state index contributed by atoms with van der Waals surface area (Å²) in [6.07, 6.45) is 37.7. The van der Waals surface area contributed by atoms with Crippen LogP contribution >= 0.6 is 6.83 Å². The van der Waals surface area contributed by atoms with E-state index in [1.807, 2.05) is 0 Å². The molecule has 0 aliphatic rings. The predicted octanol–water partition coefficient (Wildman–Crippen LogP) is 13.9. The van der Waals surface area contributed by atoms with E-state index in [0.29, 0.717) is 0 Å². The second kappa shape index (κ2) is 25.2. The van der Waals surface area contributed by atoms with Crippen LogP contribution in [0.3, 0.4) is 0 Å². The molecule has 0 rings (SSSR count). The maximum atomic E-state index is 13.9. The zero-order valence-corrected chi connectivity index (χ0v) is 30.7. The van der Waals surface area contributed by atoms with Crippen LogP contribution < -0.4 is 0 Å². The first-order chi connectivity index (χ1) is 19.7. The van der Waals surface area contributed by atoms with Crippen LogP contribution in [0.15, 0.2) is 0 Å². The van der Waals surface area contributed by atoms with Crippen LogP contribution in [0, 0.1) is 5.41 Å². The van der Waals surface area contributed by atoms with Crippen molar-refractivity contribution in [2.24, 2.45) is 5.41 Å². The van der Waals surface area contributed by atoms with Crippen molar-refractivity contribution in [2.45, 2.75) is 209 Å². The molecule has 0 N–H and O–H groups in total. The average molecular weight is 599 g/mol. The standard InChI is InChI=1S/C38H79O2P/c1-8-13-17-21-22-23-24-25-26-27-28-32-36-41(33-29-18-14-9-2,34-30-19-15-10-3,35-31-20-16-11-4)40-37(39)38(6,7)12-5/h8-36H2,1-7H3. The molecule has 0 amide bonds. The van der Waals surface area contributed by atoms with E-state index in [0.717, 1.165) is 6.42 Å². The number of unbranched alkanes of at least 4 members (excludes halogenated alkanes) is 20. The van der Waals surface area contributed by atoms with Crippen molar-refractivity contribution in [1.82, 2.24) is 0 Å². The van der Waals surface area contributed by atoms with Crippen LogP contribution in [0.2, 0.25) is 0 Å². The molecule has 0 heterocycles. The molecule has 0 aromatic heterocycles. The van der Waals surface area contributed by atoms with E-state index in [2.05, 4.69) is 48.5 Å². The van der Waals surface area contributed by atoms with Gasteiger partial charge in [0.1, 0.15) is 0 Å². The van der Waals surface area contributed by atoms with Crippen LogP contribution in [0.1, 0.15) is 209 Å². The summed E-state index contributed by atoms with van der Waals surface area (Å²) in [7, 11) is 0. The molecular weight excluding hydrogens is 519 g/mol. The summed E-state index contributed by atoms with van der Waals surface area (Å²) in [6, 6.07) is 0. The molecule has 41 heavy (non-hydrogen) atoms. The maximum absolute atomic E-state index is 13.9. The second-order valence-electron chi connectivity index (χ2n) is 14.4. The van der Waals surface area contributed by atoms with E-state index < -0.39 is 6.83 Å². The number of carbonyl (C=O) groups is 1. The summed E-state index contributed by atoms with van der Waals surface area (Å²) in [5, 5.41) is 0. The third-order valence-electron chi connectivity index (χ3n) is 10.1. The number of carbonyl (C=O) groups excluding carboxylic acids is 1. The first kappa shape index (κ1) is 40.9. The Bertz CT molecular complexity index is 565. The Morgan fingerprint density at radius 1 is 0.439 bits per heavy atom. The van der Waals surface area contributed by atoms with Gasteiger partial charge in [-0.15, -0.1) is 0 Å². The molecule has 0 fully saturated rings. The molecule has 0 aliphatic carbocycles. The van der Waals surface area contributed by atoms with Gasteiger partial charge < -0.3 is 0 Å². The predicted molar refractivity (Wildman–Crippen MR) is 190 cm³/mol. The normalized spacial score (nSPS) is 13.3. The zero-order chi connectivity index (χ0) is 30.7. The first-order valence-electron chi connectivity index (χ1n) is 19.0. The average Bonchev–Trinajstić information content (AvgIpc) is 2.96. The third kappa shape index (κ3) is 19.0. The molecule has 0 atom stereocenters. The Balaban J connectivity index is 5.60. The molecule has 0 saturated carbocycles. The molecule has 0 aliphatic heterocycles. The van der Waals surface area contributed by atoms with Crippen molar-refractivity contribution < 1.29 is 9.32 Å². The van der Waals surface area contributed by atoms with Gasteiger partial charge in [0.25, 0.3) is 0 Å². The molecule has 0 aromatic carbocycles. The first-order valence-corrected chi connectivity index (χ1v) is 21.9. The van der Waals surface area contributed by atoms with Crippen molar-refractivity contribution in [2.75, 3.05) is 24.6 Å². The van der Waals surface area contributed by atoms with Crippen LogP contribution in [-0.4, -0.2) is 30.6 Å². The fraction of sp³-hybridized carbons (Fsp3) is 0.974. The summed E-state index contributed by atoms with van der Waals surface area (Å²) in [5.41, 5.74) is -0.379. The fourth-order valence-electron chi connectivity index (χ4n) is 6.52. The van der Waals surface area contributed by atoms with Gasteiger partial charge in [-0.1, -0.05) is 13.3 Å². The SMILES string of the molecule is CCCCCCCCCCCCCCP(CCCCCC)(CCCCCC)(CCCCCC)OC(=O)C(C)(C)CC. The van der Waals surface area contributed by atoms with E-state index in [4.69, 9.17) is 4.52 Å². The van der Waals surface area contributed by atoms with E-state index in [1.54, 1.807) is 0 Å². The van der Waals surface area contributed by atoms with E-state index in [9.17, 15) is 4.79 Å². The van der Waals surface area contributed by atoms with Gasteiger partial charge in [-0.2, -0.15) is 0 Å². The molecule has 0 radical (unpaired) electrons. The monoisotopic (exact) mass is 599 g/mol. The summed E-state index contributed by atoms with van der Waals surface area (Å²) in [6.45, 7) is 13.0. The third-order valence-corrected chi connectivity index (χ3v) is 16.6. The van der Waals surface area contributed by atoms with Crippen molar-refractivity contribution in [1.29, 1.82) is 0 Å². The Labute approximate surface area is 260 Å². The molecule has 3 heteroatoms. The van der Waals surface area contributed by atoms with E-state index >= 15 is 0 Å². The minimum atomic E-state index is -2.64. The van der Waals surface area contributed by atoms with Crippen molar-refractivity contribution in [3.05, 3.63) is 0 Å². The molecule has 2 nitrogen and oxygen atoms in total. The number of hydrogen-bond donors (Lipinski definition) is 0. The van der Waals surface area contributed by atoms with Crippen LogP contribution in [0.5, 0.6) is 0 Å². The molecule has 248 valence electrons. The quantitative estimate of drug-likeness (QED) is 0.0586. The van der Waals surface area contributed by atoms with Gasteiger partial charge in [0.15, 0.2) is 0 Å². The van der Waals surface area contributed by atoms with E-state index in [1.165, 1.54) is 179 Å². The minimum absolute atomic E-state index is 0.123. The van der Waals surface area contributed by atoms with Crippen molar-refractivity contribution in [3.8, 4) is 0 Å². The summed E-state index contributed by atoms with van der Waals surface area (Å²) < 4.78 is 7.21. The second-order valence-corrected chi connectivity index (χ2v) is 20.1. The topological polar surface area (TPSA) is 26.3 Å². The molecule has 0 saturated heterocycles. The molecular formula is C38H79O2P. The Hall–Kier alpha value is -0.100. The summed E-state index contributed by atoms with van der Waals surface area (Å²) in [5.74, 6) is 0.123. The van der Waals surface area contributed by atoms with Crippen LogP contribution in [-0.2, 0) is 9.32 Å². The Morgan fingerprint density at radius 3 is 0.951 bits per heavy atom. The summed E-state index contributed by atoms with van der Waals surface area (Å²) >= 11 is 0. The van der Waals surface area contributed by atoms with Crippen molar-refractivity contribution >= 4 is 12.8 Å².